The molecule has 0 aromatic carbocycles. The van der Waals surface area contributed by atoms with Crippen molar-refractivity contribution < 1.29 is 64.9 Å². The van der Waals surface area contributed by atoms with E-state index >= 15 is 0 Å². The quantitative estimate of drug-likeness (QED) is 0.118. The number of aliphatic hydroxyl groups excluding tert-OH is 9. The summed E-state index contributed by atoms with van der Waals surface area (Å²) in [7, 11) is 0. The maximum absolute atomic E-state index is 10.6. The van der Waals surface area contributed by atoms with Crippen LogP contribution < -0.4 is 0 Å². The number of rotatable bonds is 12. The minimum atomic E-state index is -1.53. The van der Waals surface area contributed by atoms with Crippen LogP contribution in [0.3, 0.4) is 0 Å². The summed E-state index contributed by atoms with van der Waals surface area (Å²) < 4.78 is 22.9. The number of hydrogen-bond donors (Lipinski definition) is 9. The predicted molar refractivity (Wildman–Crippen MR) is 159 cm³/mol. The molecule has 2 heterocycles. The molecule has 3 fully saturated rings. The number of aliphatic hydroxyl groups is 9. The van der Waals surface area contributed by atoms with E-state index in [4.69, 9.17) is 18.9 Å². The fourth-order valence-corrected chi connectivity index (χ4v) is 7.99. The molecule has 1 saturated carbocycles. The Morgan fingerprint density at radius 3 is 2.00 bits per heavy atom. The van der Waals surface area contributed by atoms with E-state index in [-0.39, 0.29) is 36.6 Å². The fraction of sp³-hybridized carbons (Fsp3) is 0.875. The SMILES string of the molecule is CC1=CCC[C@H]2[C@@]1(CO[C@@H]1O[C@H](CO)[C@@H](O)[C@H](O)[C@H]1O)CC[C@@H](C)[C@]2(C)CC/C(=C/CO[C@@H]1O[C@H](CO)[C@@H](O)[C@H](O)[C@H]1O)CO. The molecular formula is C32H54O13. The number of fused-ring (bicyclic) bond motifs is 1. The highest BCUT2D eigenvalue weighted by atomic mass is 16.7. The molecule has 4 aliphatic rings. The summed E-state index contributed by atoms with van der Waals surface area (Å²) in [6, 6.07) is 0. The Morgan fingerprint density at radius 1 is 0.867 bits per heavy atom. The molecule has 13 nitrogen and oxygen atoms in total. The molecule has 0 aromatic rings. The van der Waals surface area contributed by atoms with E-state index in [0.29, 0.717) is 12.3 Å². The third-order valence-corrected chi connectivity index (χ3v) is 11.3. The molecule has 13 heteroatoms. The fourth-order valence-electron chi connectivity index (χ4n) is 7.99. The van der Waals surface area contributed by atoms with Gasteiger partial charge in [0.15, 0.2) is 12.6 Å². The predicted octanol–water partition coefficient (Wildman–Crippen LogP) is -0.903. The molecule has 0 radical (unpaired) electrons. The van der Waals surface area contributed by atoms with Crippen molar-refractivity contribution in [3.63, 3.8) is 0 Å². The Labute approximate surface area is 264 Å². The van der Waals surface area contributed by atoms with E-state index in [1.54, 1.807) is 6.08 Å². The molecule has 2 aliphatic heterocycles. The summed E-state index contributed by atoms with van der Waals surface area (Å²) in [5.41, 5.74) is 1.43. The summed E-state index contributed by atoms with van der Waals surface area (Å²) in [5, 5.41) is 90.5. The van der Waals surface area contributed by atoms with Crippen LogP contribution >= 0.6 is 0 Å². The van der Waals surface area contributed by atoms with Crippen LogP contribution in [0.1, 0.15) is 59.3 Å². The van der Waals surface area contributed by atoms with Gasteiger partial charge < -0.3 is 64.9 Å². The summed E-state index contributed by atoms with van der Waals surface area (Å²) in [5.74, 6) is 0.563. The highest BCUT2D eigenvalue weighted by Crippen LogP contribution is 2.62. The van der Waals surface area contributed by atoms with Crippen LogP contribution in [-0.2, 0) is 18.9 Å². The smallest absolute Gasteiger partial charge is 0.187 e. The Kier molecular flexibility index (Phi) is 12.6. The molecule has 9 N–H and O–H groups in total. The topological polar surface area (TPSA) is 219 Å². The lowest BCUT2D eigenvalue weighted by Gasteiger charge is -2.59. The highest BCUT2D eigenvalue weighted by molar-refractivity contribution is 5.23. The minimum absolute atomic E-state index is 0.0208. The van der Waals surface area contributed by atoms with Gasteiger partial charge in [-0.05, 0) is 68.3 Å². The van der Waals surface area contributed by atoms with Crippen molar-refractivity contribution in [3.8, 4) is 0 Å². The Morgan fingerprint density at radius 2 is 1.44 bits per heavy atom. The standard InChI is InChI=1S/C32H54O13/c1-17-7-11-32(16-43-30-28(41)26(39)24(37)21(15-35)45-30)18(2)5-4-6-22(32)31(17,3)10-8-19(13-33)9-12-42-29-27(40)25(38)23(36)20(14-34)44-29/h5,9,17,20-30,33-41H,4,6-8,10-16H2,1-3H3/b19-9-/t17-,20-,21-,22-,23-,24-,25+,26+,27-,28-,29-,30-,31+,32-/m1/s1. The van der Waals surface area contributed by atoms with Gasteiger partial charge in [0, 0.05) is 5.41 Å². The van der Waals surface area contributed by atoms with Gasteiger partial charge in [-0.1, -0.05) is 31.6 Å². The summed E-state index contributed by atoms with van der Waals surface area (Å²) in [6.07, 6.45) is -4.59. The third kappa shape index (κ3) is 7.36. The molecule has 4 rings (SSSR count). The Hall–Kier alpha value is -1.04. The van der Waals surface area contributed by atoms with Crippen molar-refractivity contribution in [2.24, 2.45) is 22.7 Å². The summed E-state index contributed by atoms with van der Waals surface area (Å²) in [4.78, 5) is 0. The molecule has 2 aliphatic carbocycles. The van der Waals surface area contributed by atoms with Crippen LogP contribution in [0, 0.1) is 22.7 Å². The van der Waals surface area contributed by atoms with E-state index in [0.717, 1.165) is 37.7 Å². The van der Waals surface area contributed by atoms with Crippen molar-refractivity contribution in [2.45, 2.75) is 121 Å². The van der Waals surface area contributed by atoms with Crippen LogP contribution in [-0.4, -0.2) is 140 Å². The third-order valence-electron chi connectivity index (χ3n) is 11.3. The van der Waals surface area contributed by atoms with Gasteiger partial charge in [-0.2, -0.15) is 0 Å². The maximum Gasteiger partial charge on any atom is 0.187 e. The Balaban J connectivity index is 1.44. The first kappa shape index (κ1) is 36.8. The van der Waals surface area contributed by atoms with Crippen molar-refractivity contribution in [1.29, 1.82) is 0 Å². The average Bonchev–Trinajstić information content (AvgIpc) is 3.03. The molecule has 2 saturated heterocycles. The lowest BCUT2D eigenvalue weighted by Crippen LogP contribution is -2.60. The first-order chi connectivity index (χ1) is 21.3. The van der Waals surface area contributed by atoms with Crippen molar-refractivity contribution in [1.82, 2.24) is 0 Å². The Bertz CT molecular complexity index is 1020. The second-order valence-corrected chi connectivity index (χ2v) is 13.7. The van der Waals surface area contributed by atoms with Crippen LogP contribution in [0.25, 0.3) is 0 Å². The zero-order valence-corrected chi connectivity index (χ0v) is 26.5. The number of ether oxygens (including phenoxy) is 4. The summed E-state index contributed by atoms with van der Waals surface area (Å²) >= 11 is 0. The molecule has 0 bridgehead atoms. The largest absolute Gasteiger partial charge is 0.394 e. The van der Waals surface area contributed by atoms with Gasteiger partial charge in [0.1, 0.15) is 48.8 Å². The van der Waals surface area contributed by atoms with Gasteiger partial charge in [0.05, 0.1) is 33.0 Å². The minimum Gasteiger partial charge on any atom is -0.394 e. The molecule has 45 heavy (non-hydrogen) atoms. The van der Waals surface area contributed by atoms with Crippen molar-refractivity contribution in [3.05, 3.63) is 23.3 Å². The lowest BCUT2D eigenvalue weighted by atomic mass is 9.46. The van der Waals surface area contributed by atoms with Crippen molar-refractivity contribution in [2.75, 3.05) is 33.0 Å². The molecule has 0 spiro atoms. The second kappa shape index (κ2) is 15.5. The van der Waals surface area contributed by atoms with Gasteiger partial charge in [0.2, 0.25) is 0 Å². The van der Waals surface area contributed by atoms with Crippen LogP contribution in [0.2, 0.25) is 0 Å². The van der Waals surface area contributed by atoms with Crippen LogP contribution in [0.5, 0.6) is 0 Å². The van der Waals surface area contributed by atoms with Crippen LogP contribution in [0.4, 0.5) is 0 Å². The number of allylic oxidation sites excluding steroid dienone is 1. The van der Waals surface area contributed by atoms with E-state index in [2.05, 4.69) is 26.8 Å². The van der Waals surface area contributed by atoms with Crippen LogP contribution in [0.15, 0.2) is 23.3 Å². The molecule has 260 valence electrons. The van der Waals surface area contributed by atoms with Gasteiger partial charge in [-0.3, -0.25) is 0 Å². The number of hydrogen-bond acceptors (Lipinski definition) is 13. The van der Waals surface area contributed by atoms with Gasteiger partial charge in [0.25, 0.3) is 0 Å². The maximum atomic E-state index is 10.6. The van der Waals surface area contributed by atoms with E-state index in [1.165, 1.54) is 5.57 Å². The molecule has 0 unspecified atom stereocenters. The van der Waals surface area contributed by atoms with E-state index in [1.807, 2.05) is 0 Å². The molecule has 0 aromatic heterocycles. The second-order valence-electron chi connectivity index (χ2n) is 13.7. The normalized spacial score (nSPS) is 46.0. The first-order valence-electron chi connectivity index (χ1n) is 16.1. The highest BCUT2D eigenvalue weighted by Gasteiger charge is 2.56. The van der Waals surface area contributed by atoms with Crippen molar-refractivity contribution >= 4 is 0 Å². The first-order valence-corrected chi connectivity index (χ1v) is 16.1. The van der Waals surface area contributed by atoms with E-state index < -0.39 is 74.6 Å². The zero-order valence-electron chi connectivity index (χ0n) is 26.5. The summed E-state index contributed by atoms with van der Waals surface area (Å²) in [6.45, 7) is 5.58. The molecular weight excluding hydrogens is 592 g/mol. The molecule has 14 atom stereocenters. The molecule has 0 amide bonds. The zero-order chi connectivity index (χ0) is 33.1. The van der Waals surface area contributed by atoms with Gasteiger partial charge in [-0.15, -0.1) is 0 Å². The lowest BCUT2D eigenvalue weighted by molar-refractivity contribution is -0.308. The average molecular weight is 647 g/mol. The van der Waals surface area contributed by atoms with E-state index in [9.17, 15) is 46.0 Å². The monoisotopic (exact) mass is 646 g/mol. The van der Waals surface area contributed by atoms with Gasteiger partial charge in [-0.25, -0.2) is 0 Å². The van der Waals surface area contributed by atoms with Gasteiger partial charge >= 0.3 is 0 Å².